The minimum Gasteiger partial charge on any atom is -0.308 e. The molecule has 14 aromatic rings. The second-order valence-electron chi connectivity index (χ2n) is 26.3. The van der Waals surface area contributed by atoms with E-state index in [1.807, 2.05) is 0 Å². The highest BCUT2D eigenvalue weighted by Crippen LogP contribution is 2.53. The van der Waals surface area contributed by atoms with Crippen LogP contribution in [0.3, 0.4) is 0 Å². The molecule has 0 saturated heterocycles. The predicted octanol–water partition coefficient (Wildman–Crippen LogP) is 21.3. The summed E-state index contributed by atoms with van der Waals surface area (Å²) in [4.78, 5) is 4.98. The third-order valence-corrected chi connectivity index (χ3v) is 17.1. The van der Waals surface area contributed by atoms with Gasteiger partial charge in [-0.2, -0.15) is 0 Å². The molecule has 4 nitrogen and oxygen atoms in total. The highest BCUT2D eigenvalue weighted by atomic mass is 15.2. The van der Waals surface area contributed by atoms with E-state index in [1.165, 1.54) is 121 Å². The molecule has 0 aliphatic carbocycles. The maximum atomic E-state index is 2.67. The maximum Gasteiger partial charge on any atom is 0.0783 e. The number of rotatable bonds is 6. The standard InChI is InChI=1S/C74H68N4/c1-71(2,3)45-37-56-55-34-33-53-54(66(55)78-67(56)57(38-45)60-41-48(74(10,11)12)44-64(70(60)78)76(51-29-21-15-22-30-51)52-31-23-16-24-32-52)35-36-62-65(53)61-42-46(72(4,5)6)39-58-59-40-47(73(7,8)9)43-63(69(59)77(62)68(58)61)75(49-25-17-13-18-26-49)50-27-19-14-20-28-50/h13-44H,1-12H3. The van der Waals surface area contributed by atoms with Gasteiger partial charge in [0.15, 0.2) is 0 Å². The van der Waals surface area contributed by atoms with Gasteiger partial charge in [-0.25, -0.2) is 0 Å². The van der Waals surface area contributed by atoms with Gasteiger partial charge in [0, 0.05) is 71.2 Å². The van der Waals surface area contributed by atoms with Gasteiger partial charge >= 0.3 is 0 Å². The van der Waals surface area contributed by atoms with Gasteiger partial charge in [0.05, 0.1) is 44.5 Å². The van der Waals surface area contributed by atoms with Gasteiger partial charge in [-0.05, 0) is 152 Å². The van der Waals surface area contributed by atoms with Crippen LogP contribution in [-0.4, -0.2) is 8.80 Å². The van der Waals surface area contributed by atoms with Crippen molar-refractivity contribution in [3.63, 3.8) is 0 Å². The number of para-hydroxylation sites is 4. The Balaban J connectivity index is 1.19. The summed E-state index contributed by atoms with van der Waals surface area (Å²) in [5, 5.41) is 12.9. The van der Waals surface area contributed by atoms with Gasteiger partial charge < -0.3 is 18.6 Å². The molecule has 0 radical (unpaired) electrons. The van der Waals surface area contributed by atoms with Crippen molar-refractivity contribution in [2.45, 2.75) is 105 Å². The molecule has 0 N–H and O–H groups in total. The van der Waals surface area contributed by atoms with Crippen LogP contribution in [0, 0.1) is 0 Å². The molecule has 0 aliphatic rings. The Bertz CT molecular complexity index is 4590. The SMILES string of the molecule is CC(C)(C)c1cc(N(c2ccccc2)c2ccccc2)c2c(c1)c1cc(C(C)(C)C)cc3c4c5ccc6c7cc(C(C)(C)C)cc8c9cc(C(C)(C)C)cc(N(c%10ccccc%10)c%10ccccc%10)c9n(c6c5ccc4n2c13)c87. The van der Waals surface area contributed by atoms with Crippen LogP contribution in [0.4, 0.5) is 34.1 Å². The van der Waals surface area contributed by atoms with E-state index >= 15 is 0 Å². The first-order chi connectivity index (χ1) is 37.3. The summed E-state index contributed by atoms with van der Waals surface area (Å²) in [6.45, 7) is 28.3. The molecule has 10 aromatic carbocycles. The first-order valence-corrected chi connectivity index (χ1v) is 28.0. The Labute approximate surface area is 458 Å². The van der Waals surface area contributed by atoms with E-state index in [1.54, 1.807) is 0 Å². The minimum absolute atomic E-state index is 0.0765. The van der Waals surface area contributed by atoms with Crippen molar-refractivity contribution in [1.29, 1.82) is 0 Å². The third-order valence-electron chi connectivity index (χ3n) is 17.1. The zero-order valence-corrected chi connectivity index (χ0v) is 47.3. The van der Waals surface area contributed by atoms with Crippen LogP contribution in [0.25, 0.3) is 87.0 Å². The number of fused-ring (bicyclic) bond motifs is 15. The van der Waals surface area contributed by atoms with Gasteiger partial charge in [0.25, 0.3) is 0 Å². The molecule has 0 aliphatic heterocycles. The van der Waals surface area contributed by atoms with Crippen molar-refractivity contribution in [3.05, 3.63) is 216 Å². The second kappa shape index (κ2) is 16.6. The van der Waals surface area contributed by atoms with Gasteiger partial charge in [-0.15, -0.1) is 0 Å². The van der Waals surface area contributed by atoms with Crippen LogP contribution >= 0.6 is 0 Å². The van der Waals surface area contributed by atoms with Crippen molar-refractivity contribution in [1.82, 2.24) is 8.80 Å². The molecule has 0 atom stereocenters. The van der Waals surface area contributed by atoms with Crippen LogP contribution in [0.2, 0.25) is 0 Å². The highest BCUT2D eigenvalue weighted by Gasteiger charge is 2.32. The molecule has 0 saturated carbocycles. The van der Waals surface area contributed by atoms with Crippen LogP contribution in [0.15, 0.2) is 194 Å². The number of anilines is 6. The molecule has 0 bridgehead atoms. The monoisotopic (exact) mass is 1010 g/mol. The quantitative estimate of drug-likeness (QED) is 0.165. The van der Waals surface area contributed by atoms with Crippen LogP contribution < -0.4 is 9.80 Å². The number of aromatic nitrogens is 2. The summed E-state index contributed by atoms with van der Waals surface area (Å²) in [5.74, 6) is 0. The van der Waals surface area contributed by atoms with Crippen LogP contribution in [-0.2, 0) is 21.7 Å². The summed E-state index contributed by atoms with van der Waals surface area (Å²) in [6, 6.07) is 73.7. The lowest BCUT2D eigenvalue weighted by atomic mass is 9.83. The van der Waals surface area contributed by atoms with Crippen LogP contribution in [0.5, 0.6) is 0 Å². The maximum absolute atomic E-state index is 2.67. The fourth-order valence-corrected chi connectivity index (χ4v) is 12.9. The minimum atomic E-state index is -0.114. The molecule has 0 spiro atoms. The summed E-state index contributed by atoms with van der Waals surface area (Å²) < 4.78 is 5.30. The fraction of sp³-hybridized carbons (Fsp3) is 0.216. The molecule has 14 rings (SSSR count). The number of nitrogens with zero attached hydrogens (tertiary/aromatic N) is 4. The summed E-state index contributed by atoms with van der Waals surface area (Å²) in [7, 11) is 0. The molecule has 384 valence electrons. The van der Waals surface area contributed by atoms with E-state index in [4.69, 9.17) is 0 Å². The number of hydrogen-bond donors (Lipinski definition) is 0. The molecule has 0 fully saturated rings. The topological polar surface area (TPSA) is 15.3 Å². The van der Waals surface area contributed by atoms with E-state index in [0.717, 1.165) is 22.7 Å². The van der Waals surface area contributed by atoms with Gasteiger partial charge in [0.2, 0.25) is 0 Å². The highest BCUT2D eigenvalue weighted by molar-refractivity contribution is 6.35. The van der Waals surface area contributed by atoms with E-state index in [9.17, 15) is 0 Å². The Kier molecular flexibility index (Phi) is 10.2. The Morgan fingerprint density at radius 3 is 0.936 bits per heavy atom. The van der Waals surface area contributed by atoms with E-state index < -0.39 is 0 Å². The predicted molar refractivity (Wildman–Crippen MR) is 337 cm³/mol. The van der Waals surface area contributed by atoms with Crippen LogP contribution in [0.1, 0.15) is 105 Å². The Morgan fingerprint density at radius 1 is 0.256 bits per heavy atom. The fourth-order valence-electron chi connectivity index (χ4n) is 12.9. The summed E-state index contributed by atoms with van der Waals surface area (Å²) in [6.07, 6.45) is 0. The number of hydrogen-bond acceptors (Lipinski definition) is 2. The van der Waals surface area contributed by atoms with Crippen molar-refractivity contribution in [3.8, 4) is 0 Å². The zero-order chi connectivity index (χ0) is 53.9. The molecule has 4 aromatic heterocycles. The lowest BCUT2D eigenvalue weighted by molar-refractivity contribution is 0.591. The van der Waals surface area contributed by atoms with E-state index in [0.29, 0.717) is 0 Å². The average Bonchev–Trinajstić information content (AvgIpc) is 4.08. The summed E-state index contributed by atoms with van der Waals surface area (Å²) >= 11 is 0. The molecule has 4 heteroatoms. The number of benzene rings is 10. The molecule has 0 amide bonds. The second-order valence-corrected chi connectivity index (χ2v) is 26.3. The first kappa shape index (κ1) is 48.1. The van der Waals surface area contributed by atoms with Crippen molar-refractivity contribution in [2.24, 2.45) is 0 Å². The largest absolute Gasteiger partial charge is 0.308 e. The third kappa shape index (κ3) is 7.11. The normalized spacial score (nSPS) is 13.1. The molecule has 0 unspecified atom stereocenters. The van der Waals surface area contributed by atoms with Crippen molar-refractivity contribution < 1.29 is 0 Å². The Hall–Kier alpha value is -8.34. The average molecular weight is 1010 g/mol. The molecular formula is C74H68N4. The first-order valence-electron chi connectivity index (χ1n) is 28.0. The Morgan fingerprint density at radius 2 is 0.538 bits per heavy atom. The summed E-state index contributed by atoms with van der Waals surface area (Å²) in [5.41, 5.74) is 19.2. The zero-order valence-electron chi connectivity index (χ0n) is 47.3. The van der Waals surface area contributed by atoms with Crippen molar-refractivity contribution in [2.75, 3.05) is 9.80 Å². The van der Waals surface area contributed by atoms with Gasteiger partial charge in [0.1, 0.15) is 0 Å². The molecule has 4 heterocycles. The smallest absolute Gasteiger partial charge is 0.0783 e. The van der Waals surface area contributed by atoms with Crippen molar-refractivity contribution >= 4 is 121 Å². The lowest BCUT2D eigenvalue weighted by Gasteiger charge is -2.29. The lowest BCUT2D eigenvalue weighted by Crippen LogP contribution is -2.15. The van der Waals surface area contributed by atoms with Gasteiger partial charge in [-0.3, -0.25) is 0 Å². The molecular weight excluding hydrogens is 945 g/mol. The van der Waals surface area contributed by atoms with E-state index in [-0.39, 0.29) is 21.7 Å². The van der Waals surface area contributed by atoms with E-state index in [2.05, 4.69) is 296 Å². The molecule has 78 heavy (non-hydrogen) atoms. The van der Waals surface area contributed by atoms with Gasteiger partial charge in [-0.1, -0.05) is 174 Å².